The third kappa shape index (κ3) is 2.76. The topological polar surface area (TPSA) is 43.6 Å². The highest BCUT2D eigenvalue weighted by Gasteiger charge is 2.09. The summed E-state index contributed by atoms with van der Waals surface area (Å²) in [5, 5.41) is 4.63. The van der Waals surface area contributed by atoms with Gasteiger partial charge in [-0.2, -0.15) is 5.10 Å². The van der Waals surface area contributed by atoms with Crippen LogP contribution >= 0.6 is 23.2 Å². The van der Waals surface area contributed by atoms with E-state index in [2.05, 4.69) is 28.9 Å². The Morgan fingerprint density at radius 2 is 2.12 bits per heavy atom. The highest BCUT2D eigenvalue weighted by atomic mass is 35.5. The van der Waals surface area contributed by atoms with E-state index in [0.29, 0.717) is 28.6 Å². The van der Waals surface area contributed by atoms with E-state index in [0.717, 1.165) is 5.56 Å². The number of rotatable bonds is 3. The van der Waals surface area contributed by atoms with E-state index in [-0.39, 0.29) is 0 Å². The van der Waals surface area contributed by atoms with Crippen molar-refractivity contribution in [1.29, 1.82) is 0 Å². The zero-order valence-electron chi connectivity index (χ0n) is 9.56. The van der Waals surface area contributed by atoms with Crippen LogP contribution in [-0.4, -0.2) is 19.7 Å². The first-order valence-corrected chi connectivity index (χ1v) is 6.15. The van der Waals surface area contributed by atoms with Crippen LogP contribution < -0.4 is 0 Å². The van der Waals surface area contributed by atoms with Crippen molar-refractivity contribution >= 4 is 23.2 Å². The zero-order chi connectivity index (χ0) is 12.4. The lowest BCUT2D eigenvalue weighted by molar-refractivity contribution is 0.532. The fourth-order valence-corrected chi connectivity index (χ4v) is 1.74. The standard InChI is InChI=1S/C11H12Cl2N4/c1-7(2)17-6-8(5-14-17)11-15-9(4-12)3-10(13)16-11/h3,5-7H,4H2,1-2H3. The molecule has 0 aliphatic carbocycles. The molecule has 2 heterocycles. The van der Waals surface area contributed by atoms with Gasteiger partial charge in [-0.1, -0.05) is 11.6 Å². The van der Waals surface area contributed by atoms with Crippen LogP contribution in [-0.2, 0) is 5.88 Å². The van der Waals surface area contributed by atoms with Crippen molar-refractivity contribution in [3.05, 3.63) is 29.3 Å². The lowest BCUT2D eigenvalue weighted by Crippen LogP contribution is -2.00. The average molecular weight is 271 g/mol. The Labute approximate surface area is 110 Å². The van der Waals surface area contributed by atoms with Gasteiger partial charge in [-0.05, 0) is 19.9 Å². The molecule has 17 heavy (non-hydrogen) atoms. The predicted octanol–water partition coefficient (Wildman–Crippen LogP) is 3.31. The van der Waals surface area contributed by atoms with E-state index >= 15 is 0 Å². The summed E-state index contributed by atoms with van der Waals surface area (Å²) in [6, 6.07) is 1.96. The minimum absolute atomic E-state index is 0.301. The maximum atomic E-state index is 5.91. The summed E-state index contributed by atoms with van der Waals surface area (Å²) in [5.41, 5.74) is 1.55. The van der Waals surface area contributed by atoms with Gasteiger partial charge in [0, 0.05) is 12.2 Å². The van der Waals surface area contributed by atoms with Crippen molar-refractivity contribution in [2.75, 3.05) is 0 Å². The Bertz CT molecular complexity index is 522. The van der Waals surface area contributed by atoms with Gasteiger partial charge in [0.05, 0.1) is 23.3 Å². The van der Waals surface area contributed by atoms with Gasteiger partial charge in [0.2, 0.25) is 0 Å². The van der Waals surface area contributed by atoms with E-state index in [1.54, 1.807) is 12.3 Å². The molecular weight excluding hydrogens is 259 g/mol. The second-order valence-corrected chi connectivity index (χ2v) is 4.60. The lowest BCUT2D eigenvalue weighted by Gasteiger charge is -2.03. The highest BCUT2D eigenvalue weighted by molar-refractivity contribution is 6.29. The van der Waals surface area contributed by atoms with Crippen LogP contribution in [0.15, 0.2) is 18.5 Å². The Balaban J connectivity index is 2.41. The van der Waals surface area contributed by atoms with E-state index in [1.165, 1.54) is 0 Å². The molecule has 0 aliphatic heterocycles. The summed E-state index contributed by atoms with van der Waals surface area (Å²) in [7, 11) is 0. The second-order valence-electron chi connectivity index (χ2n) is 3.94. The largest absolute Gasteiger partial charge is 0.270 e. The quantitative estimate of drug-likeness (QED) is 0.635. The maximum Gasteiger partial charge on any atom is 0.164 e. The van der Waals surface area contributed by atoms with Gasteiger partial charge in [0.1, 0.15) is 5.15 Å². The Morgan fingerprint density at radius 3 is 2.71 bits per heavy atom. The SMILES string of the molecule is CC(C)n1cc(-c2nc(Cl)cc(CCl)n2)cn1. The monoisotopic (exact) mass is 270 g/mol. The second kappa shape index (κ2) is 5.02. The van der Waals surface area contributed by atoms with Crippen LogP contribution in [0, 0.1) is 0 Å². The summed E-state index contributed by atoms with van der Waals surface area (Å²) in [6.45, 7) is 4.11. The smallest absolute Gasteiger partial charge is 0.164 e. The first kappa shape index (κ1) is 12.3. The van der Waals surface area contributed by atoms with Crippen LogP contribution in [0.5, 0.6) is 0 Å². The molecule has 4 nitrogen and oxygen atoms in total. The highest BCUT2D eigenvalue weighted by Crippen LogP contribution is 2.19. The van der Waals surface area contributed by atoms with Gasteiger partial charge < -0.3 is 0 Å². The summed E-state index contributed by atoms with van der Waals surface area (Å²) < 4.78 is 1.85. The van der Waals surface area contributed by atoms with Crippen molar-refractivity contribution in [2.45, 2.75) is 25.8 Å². The molecule has 0 spiro atoms. The molecule has 0 radical (unpaired) electrons. The molecule has 0 amide bonds. The fraction of sp³-hybridized carbons (Fsp3) is 0.364. The Morgan fingerprint density at radius 1 is 1.35 bits per heavy atom. The van der Waals surface area contributed by atoms with Crippen molar-refractivity contribution in [3.8, 4) is 11.4 Å². The third-order valence-electron chi connectivity index (χ3n) is 2.27. The molecule has 6 heteroatoms. The van der Waals surface area contributed by atoms with E-state index in [9.17, 15) is 0 Å². The van der Waals surface area contributed by atoms with Crippen molar-refractivity contribution in [2.24, 2.45) is 0 Å². The molecule has 2 aromatic rings. The number of alkyl halides is 1. The minimum Gasteiger partial charge on any atom is -0.270 e. The number of hydrogen-bond acceptors (Lipinski definition) is 3. The van der Waals surface area contributed by atoms with Gasteiger partial charge in [-0.15, -0.1) is 11.6 Å². The van der Waals surface area contributed by atoms with Crippen LogP contribution in [0.3, 0.4) is 0 Å². The molecule has 0 saturated heterocycles. The first-order chi connectivity index (χ1) is 8.10. The summed E-state index contributed by atoms with van der Waals surface area (Å²) >= 11 is 11.7. The molecule has 2 aromatic heterocycles. The molecule has 0 unspecified atom stereocenters. The van der Waals surface area contributed by atoms with Crippen molar-refractivity contribution in [3.63, 3.8) is 0 Å². The van der Waals surface area contributed by atoms with E-state index in [4.69, 9.17) is 23.2 Å². The fourth-order valence-electron chi connectivity index (χ4n) is 1.40. The van der Waals surface area contributed by atoms with Gasteiger partial charge in [-0.25, -0.2) is 9.97 Å². The molecule has 0 saturated carbocycles. The zero-order valence-corrected chi connectivity index (χ0v) is 11.1. The van der Waals surface area contributed by atoms with Gasteiger partial charge in [0.15, 0.2) is 5.82 Å². The van der Waals surface area contributed by atoms with Crippen molar-refractivity contribution < 1.29 is 0 Å². The maximum absolute atomic E-state index is 5.91. The Kier molecular flexibility index (Phi) is 3.64. The third-order valence-corrected chi connectivity index (χ3v) is 2.74. The summed E-state index contributed by atoms with van der Waals surface area (Å²) in [5.74, 6) is 0.869. The van der Waals surface area contributed by atoms with Gasteiger partial charge in [0.25, 0.3) is 0 Å². The molecule has 0 atom stereocenters. The lowest BCUT2D eigenvalue weighted by atomic mass is 10.3. The van der Waals surface area contributed by atoms with Gasteiger partial charge in [-0.3, -0.25) is 4.68 Å². The molecule has 2 rings (SSSR count). The normalized spacial score (nSPS) is 11.1. The van der Waals surface area contributed by atoms with Crippen LogP contribution in [0.2, 0.25) is 5.15 Å². The molecule has 0 N–H and O–H groups in total. The molecule has 0 aliphatic rings. The predicted molar refractivity (Wildman–Crippen MR) is 68.2 cm³/mol. The molecule has 0 bridgehead atoms. The van der Waals surface area contributed by atoms with Crippen LogP contribution in [0.4, 0.5) is 0 Å². The number of nitrogens with zero attached hydrogens (tertiary/aromatic N) is 4. The van der Waals surface area contributed by atoms with Gasteiger partial charge >= 0.3 is 0 Å². The minimum atomic E-state index is 0.301. The molecular formula is C11H12Cl2N4. The van der Waals surface area contributed by atoms with E-state index in [1.807, 2.05) is 10.9 Å². The summed E-state index contributed by atoms with van der Waals surface area (Å²) in [6.07, 6.45) is 3.62. The number of aromatic nitrogens is 4. The van der Waals surface area contributed by atoms with E-state index < -0.39 is 0 Å². The van der Waals surface area contributed by atoms with Crippen LogP contribution in [0.1, 0.15) is 25.6 Å². The summed E-state index contributed by atoms with van der Waals surface area (Å²) in [4.78, 5) is 8.48. The Hall–Kier alpha value is -1.13. The van der Waals surface area contributed by atoms with Crippen LogP contribution in [0.25, 0.3) is 11.4 Å². The molecule has 0 fully saturated rings. The number of halogens is 2. The molecule has 0 aromatic carbocycles. The first-order valence-electron chi connectivity index (χ1n) is 5.24. The molecule has 90 valence electrons. The van der Waals surface area contributed by atoms with Crippen molar-refractivity contribution in [1.82, 2.24) is 19.7 Å². The average Bonchev–Trinajstić information content (AvgIpc) is 2.77. The number of hydrogen-bond donors (Lipinski definition) is 0.